The fourth-order valence-corrected chi connectivity index (χ4v) is 2.10. The van der Waals surface area contributed by atoms with Crippen LogP contribution in [0, 0.1) is 20.8 Å². The van der Waals surface area contributed by atoms with Crippen molar-refractivity contribution in [3.05, 3.63) is 22.6 Å². The number of carbonyl (C=O) groups excluding carboxylic acids is 1. The molecular formula is C12H18N6O. The molecule has 7 nitrogen and oxygen atoms in total. The lowest BCUT2D eigenvalue weighted by molar-refractivity contribution is 0.102. The number of nitrogens with one attached hydrogen (secondary N) is 1. The van der Waals surface area contributed by atoms with Crippen molar-refractivity contribution in [1.29, 1.82) is 0 Å². The van der Waals surface area contributed by atoms with Crippen LogP contribution >= 0.6 is 0 Å². The van der Waals surface area contributed by atoms with Crippen molar-refractivity contribution in [2.45, 2.75) is 20.8 Å². The minimum atomic E-state index is -0.224. The summed E-state index contributed by atoms with van der Waals surface area (Å²) in [6.45, 7) is 5.46. The van der Waals surface area contributed by atoms with Crippen molar-refractivity contribution in [2.24, 2.45) is 14.1 Å². The van der Waals surface area contributed by atoms with Crippen molar-refractivity contribution >= 4 is 17.4 Å². The fraction of sp³-hybridized carbons (Fsp3) is 0.417. The van der Waals surface area contributed by atoms with Crippen LogP contribution < -0.4 is 11.1 Å². The Morgan fingerprint density at radius 1 is 1.11 bits per heavy atom. The van der Waals surface area contributed by atoms with Gasteiger partial charge in [0.05, 0.1) is 22.6 Å². The molecule has 2 aromatic rings. The van der Waals surface area contributed by atoms with Gasteiger partial charge in [0.2, 0.25) is 0 Å². The van der Waals surface area contributed by atoms with E-state index in [1.54, 1.807) is 30.3 Å². The van der Waals surface area contributed by atoms with Gasteiger partial charge in [-0.3, -0.25) is 14.2 Å². The molecule has 0 aromatic carbocycles. The Hall–Kier alpha value is -2.31. The highest BCUT2D eigenvalue weighted by Gasteiger charge is 2.20. The smallest absolute Gasteiger partial charge is 0.260 e. The van der Waals surface area contributed by atoms with Crippen molar-refractivity contribution in [1.82, 2.24) is 19.6 Å². The summed E-state index contributed by atoms with van der Waals surface area (Å²) in [5.74, 6) is 0.281. The number of nitrogen functional groups attached to an aromatic ring is 1. The van der Waals surface area contributed by atoms with E-state index in [0.717, 1.165) is 5.69 Å². The normalized spacial score (nSPS) is 10.8. The molecule has 3 N–H and O–H groups in total. The van der Waals surface area contributed by atoms with Crippen molar-refractivity contribution < 1.29 is 4.79 Å². The molecule has 2 aromatic heterocycles. The van der Waals surface area contributed by atoms with Gasteiger partial charge in [0.25, 0.3) is 5.91 Å². The number of aromatic nitrogens is 4. The first-order chi connectivity index (χ1) is 8.82. The number of amides is 1. The number of aryl methyl sites for hydroxylation is 4. The van der Waals surface area contributed by atoms with Gasteiger partial charge < -0.3 is 11.1 Å². The van der Waals surface area contributed by atoms with Crippen LogP contribution in [0.5, 0.6) is 0 Å². The van der Waals surface area contributed by atoms with E-state index in [-0.39, 0.29) is 5.91 Å². The van der Waals surface area contributed by atoms with E-state index >= 15 is 0 Å². The SMILES string of the molecule is Cc1nn(C)c(NC(=O)c2c(C)nn(C)c2C)c1N. The molecule has 102 valence electrons. The van der Waals surface area contributed by atoms with Crippen LogP contribution in [-0.4, -0.2) is 25.5 Å². The van der Waals surface area contributed by atoms with Crippen molar-refractivity contribution in [2.75, 3.05) is 11.1 Å². The first-order valence-electron chi connectivity index (χ1n) is 5.93. The van der Waals surface area contributed by atoms with Gasteiger partial charge in [-0.25, -0.2) is 0 Å². The van der Waals surface area contributed by atoms with Crippen LogP contribution in [0.25, 0.3) is 0 Å². The average Bonchev–Trinajstić information content (AvgIpc) is 2.70. The monoisotopic (exact) mass is 262 g/mol. The van der Waals surface area contributed by atoms with Crippen LogP contribution in [0.1, 0.15) is 27.4 Å². The summed E-state index contributed by atoms with van der Waals surface area (Å²) >= 11 is 0. The van der Waals surface area contributed by atoms with Crippen molar-refractivity contribution in [3.8, 4) is 0 Å². The number of rotatable bonds is 2. The minimum Gasteiger partial charge on any atom is -0.394 e. The molecule has 0 radical (unpaired) electrons. The molecule has 0 unspecified atom stereocenters. The second-order valence-corrected chi connectivity index (χ2v) is 4.59. The first kappa shape index (κ1) is 13.1. The third-order valence-electron chi connectivity index (χ3n) is 3.24. The van der Waals surface area contributed by atoms with E-state index < -0.39 is 0 Å². The summed E-state index contributed by atoms with van der Waals surface area (Å²) in [6, 6.07) is 0. The maximum absolute atomic E-state index is 12.3. The van der Waals surface area contributed by atoms with E-state index in [1.807, 2.05) is 14.0 Å². The van der Waals surface area contributed by atoms with Gasteiger partial charge in [-0.15, -0.1) is 0 Å². The van der Waals surface area contributed by atoms with Gasteiger partial charge in [0.1, 0.15) is 0 Å². The van der Waals surface area contributed by atoms with E-state index in [9.17, 15) is 4.79 Å². The third kappa shape index (κ3) is 2.07. The van der Waals surface area contributed by atoms with E-state index in [4.69, 9.17) is 5.73 Å². The number of nitrogens with two attached hydrogens (primary N) is 1. The third-order valence-corrected chi connectivity index (χ3v) is 3.24. The Morgan fingerprint density at radius 3 is 2.11 bits per heavy atom. The van der Waals surface area contributed by atoms with Gasteiger partial charge in [0, 0.05) is 19.8 Å². The van der Waals surface area contributed by atoms with E-state index in [1.165, 1.54) is 0 Å². The number of anilines is 2. The Kier molecular flexibility index (Phi) is 3.05. The summed E-state index contributed by atoms with van der Waals surface area (Å²) in [4.78, 5) is 12.3. The van der Waals surface area contributed by atoms with Crippen LogP contribution in [0.15, 0.2) is 0 Å². The highest BCUT2D eigenvalue weighted by Crippen LogP contribution is 2.22. The second-order valence-electron chi connectivity index (χ2n) is 4.59. The predicted molar refractivity (Wildman–Crippen MR) is 73.0 cm³/mol. The Labute approximate surface area is 111 Å². The zero-order valence-corrected chi connectivity index (χ0v) is 11.8. The van der Waals surface area contributed by atoms with E-state index in [2.05, 4.69) is 15.5 Å². The summed E-state index contributed by atoms with van der Waals surface area (Å²) < 4.78 is 3.24. The number of hydrogen-bond acceptors (Lipinski definition) is 4. The maximum atomic E-state index is 12.3. The molecule has 0 saturated carbocycles. The zero-order chi connectivity index (χ0) is 14.3. The highest BCUT2D eigenvalue weighted by molar-refractivity contribution is 6.06. The second kappa shape index (κ2) is 4.42. The molecule has 1 amide bonds. The molecule has 7 heteroatoms. The molecule has 0 bridgehead atoms. The lowest BCUT2D eigenvalue weighted by Gasteiger charge is -2.07. The molecule has 0 aliphatic carbocycles. The van der Waals surface area contributed by atoms with Crippen molar-refractivity contribution in [3.63, 3.8) is 0 Å². The molecule has 2 rings (SSSR count). The van der Waals surface area contributed by atoms with Gasteiger partial charge >= 0.3 is 0 Å². The number of carbonyl (C=O) groups is 1. The quantitative estimate of drug-likeness (QED) is 0.841. The molecule has 0 fully saturated rings. The number of nitrogens with zero attached hydrogens (tertiary/aromatic N) is 4. The molecule has 0 spiro atoms. The topological polar surface area (TPSA) is 90.8 Å². The molecule has 0 atom stereocenters. The zero-order valence-electron chi connectivity index (χ0n) is 11.8. The molecule has 0 aliphatic heterocycles. The van der Waals surface area contributed by atoms with Crippen LogP contribution in [0.4, 0.5) is 11.5 Å². The molecule has 19 heavy (non-hydrogen) atoms. The first-order valence-corrected chi connectivity index (χ1v) is 5.93. The molecular weight excluding hydrogens is 244 g/mol. The van der Waals surface area contributed by atoms with Gasteiger partial charge in [0.15, 0.2) is 5.82 Å². The lowest BCUT2D eigenvalue weighted by atomic mass is 10.2. The van der Waals surface area contributed by atoms with Crippen LogP contribution in [-0.2, 0) is 14.1 Å². The van der Waals surface area contributed by atoms with Crippen LogP contribution in [0.2, 0.25) is 0 Å². The van der Waals surface area contributed by atoms with Crippen LogP contribution in [0.3, 0.4) is 0 Å². The van der Waals surface area contributed by atoms with Gasteiger partial charge in [-0.2, -0.15) is 10.2 Å². The largest absolute Gasteiger partial charge is 0.394 e. The summed E-state index contributed by atoms with van der Waals surface area (Å²) in [6.07, 6.45) is 0. The summed E-state index contributed by atoms with van der Waals surface area (Å²) in [5, 5.41) is 11.2. The summed E-state index contributed by atoms with van der Waals surface area (Å²) in [5.41, 5.74) is 9.14. The fourth-order valence-electron chi connectivity index (χ4n) is 2.10. The Bertz CT molecular complexity index is 652. The average molecular weight is 262 g/mol. The predicted octanol–water partition coefficient (Wildman–Crippen LogP) is 0.913. The molecule has 0 aliphatic rings. The standard InChI is InChI=1S/C12H18N6O/c1-6-9(8(3)17(4)15-6)12(19)14-11-10(13)7(2)16-18(11)5/h13H2,1-5H3,(H,14,19). The molecule has 2 heterocycles. The summed E-state index contributed by atoms with van der Waals surface area (Å²) in [7, 11) is 3.55. The highest BCUT2D eigenvalue weighted by atomic mass is 16.1. The van der Waals surface area contributed by atoms with Gasteiger partial charge in [-0.05, 0) is 20.8 Å². The maximum Gasteiger partial charge on any atom is 0.260 e. The lowest BCUT2D eigenvalue weighted by Crippen LogP contribution is -2.17. The minimum absolute atomic E-state index is 0.224. The molecule has 0 saturated heterocycles. The van der Waals surface area contributed by atoms with Gasteiger partial charge in [-0.1, -0.05) is 0 Å². The Balaban J connectivity index is 2.36. The Morgan fingerprint density at radius 2 is 1.68 bits per heavy atom. The van der Waals surface area contributed by atoms with E-state index in [0.29, 0.717) is 28.5 Å². The number of hydrogen-bond donors (Lipinski definition) is 2.